The molecule has 92 valence electrons. The quantitative estimate of drug-likeness (QED) is 0.754. The first-order chi connectivity index (χ1) is 8.20. The van der Waals surface area contributed by atoms with Gasteiger partial charge in [-0.05, 0) is 35.9 Å². The van der Waals surface area contributed by atoms with E-state index in [1.807, 2.05) is 0 Å². The van der Waals surface area contributed by atoms with Gasteiger partial charge < -0.3 is 9.72 Å². The van der Waals surface area contributed by atoms with Crippen molar-refractivity contribution in [2.24, 2.45) is 0 Å². The second-order valence-corrected chi connectivity index (χ2v) is 4.83. The van der Waals surface area contributed by atoms with Gasteiger partial charge in [0.2, 0.25) is 0 Å². The molecule has 0 aliphatic rings. The molecule has 2 rings (SSSR count). The largest absolute Gasteiger partial charge is 0.494 e. The first-order valence-corrected chi connectivity index (χ1v) is 6.46. The molecule has 0 atom stereocenters. The van der Waals surface area contributed by atoms with Gasteiger partial charge in [0.15, 0.2) is 0 Å². The minimum Gasteiger partial charge on any atom is -0.494 e. The van der Waals surface area contributed by atoms with Crippen LogP contribution in [0.25, 0.3) is 10.9 Å². The summed E-state index contributed by atoms with van der Waals surface area (Å²) in [4.78, 5) is 3.45. The van der Waals surface area contributed by atoms with Gasteiger partial charge in [-0.25, -0.2) is 0 Å². The highest BCUT2D eigenvalue weighted by atomic mass is 16.5. The van der Waals surface area contributed by atoms with E-state index in [9.17, 15) is 0 Å². The number of nitrogens with one attached hydrogen (secondary N) is 1. The van der Waals surface area contributed by atoms with Gasteiger partial charge in [-0.3, -0.25) is 0 Å². The molecule has 1 aromatic carbocycles. The van der Waals surface area contributed by atoms with Crippen molar-refractivity contribution in [3.05, 3.63) is 30.0 Å². The molecule has 0 unspecified atom stereocenters. The Balaban J connectivity index is 2.18. The minimum absolute atomic E-state index is 0.534. The minimum atomic E-state index is 0.534. The van der Waals surface area contributed by atoms with E-state index in [2.05, 4.69) is 50.0 Å². The smallest absolute Gasteiger partial charge is 0.121 e. The standard InChI is InChI=1S/C15H21NO/c1-4-5-8-17-13-7-6-12-9-14(11(2)3)16-15(12)10-13/h6-7,9-11,16H,4-5,8H2,1-3H3. The topological polar surface area (TPSA) is 25.0 Å². The van der Waals surface area contributed by atoms with Crippen molar-refractivity contribution >= 4 is 10.9 Å². The van der Waals surface area contributed by atoms with Crippen molar-refractivity contribution in [3.8, 4) is 5.75 Å². The zero-order valence-corrected chi connectivity index (χ0v) is 10.9. The Kier molecular flexibility index (Phi) is 3.72. The summed E-state index contributed by atoms with van der Waals surface area (Å²) in [6.45, 7) is 7.37. The molecule has 2 aromatic rings. The monoisotopic (exact) mass is 231 g/mol. The molecule has 0 saturated carbocycles. The zero-order chi connectivity index (χ0) is 12.3. The van der Waals surface area contributed by atoms with Crippen molar-refractivity contribution < 1.29 is 4.74 Å². The highest BCUT2D eigenvalue weighted by Crippen LogP contribution is 2.24. The average molecular weight is 231 g/mol. The molecule has 0 radical (unpaired) electrons. The third-order valence-electron chi connectivity index (χ3n) is 3.00. The first kappa shape index (κ1) is 12.0. The number of aromatic amines is 1. The summed E-state index contributed by atoms with van der Waals surface area (Å²) in [5.41, 5.74) is 2.45. The Hall–Kier alpha value is -1.44. The van der Waals surface area contributed by atoms with Crippen molar-refractivity contribution in [2.45, 2.75) is 39.5 Å². The van der Waals surface area contributed by atoms with Crippen LogP contribution >= 0.6 is 0 Å². The van der Waals surface area contributed by atoms with Crippen LogP contribution in [0.5, 0.6) is 5.75 Å². The Morgan fingerprint density at radius 1 is 1.24 bits per heavy atom. The molecule has 0 aliphatic carbocycles. The highest BCUT2D eigenvalue weighted by Gasteiger charge is 2.05. The second kappa shape index (κ2) is 5.26. The molecular formula is C15H21NO. The third kappa shape index (κ3) is 2.82. The van der Waals surface area contributed by atoms with Crippen LogP contribution < -0.4 is 4.74 Å². The van der Waals surface area contributed by atoms with E-state index in [1.54, 1.807) is 0 Å². The van der Waals surface area contributed by atoms with Crippen LogP contribution in [0.1, 0.15) is 45.2 Å². The molecule has 0 aliphatic heterocycles. The van der Waals surface area contributed by atoms with Gasteiger partial charge >= 0.3 is 0 Å². The van der Waals surface area contributed by atoms with Gasteiger partial charge in [0.05, 0.1) is 6.61 Å². The molecule has 2 nitrogen and oxygen atoms in total. The van der Waals surface area contributed by atoms with Gasteiger partial charge in [0, 0.05) is 17.3 Å². The molecule has 0 saturated heterocycles. The summed E-state index contributed by atoms with van der Waals surface area (Å²) in [7, 11) is 0. The van der Waals surface area contributed by atoms with Crippen LogP contribution in [0.3, 0.4) is 0 Å². The van der Waals surface area contributed by atoms with E-state index in [0.717, 1.165) is 18.8 Å². The van der Waals surface area contributed by atoms with Crippen LogP contribution in [0.2, 0.25) is 0 Å². The number of H-pyrrole nitrogens is 1. The maximum atomic E-state index is 5.70. The Morgan fingerprint density at radius 3 is 2.76 bits per heavy atom. The summed E-state index contributed by atoms with van der Waals surface area (Å²) in [6, 6.07) is 8.49. The lowest BCUT2D eigenvalue weighted by Gasteiger charge is -2.04. The van der Waals surface area contributed by atoms with Crippen LogP contribution in [0, 0.1) is 0 Å². The number of benzene rings is 1. The predicted molar refractivity (Wildman–Crippen MR) is 72.8 cm³/mol. The van der Waals surface area contributed by atoms with Crippen LogP contribution in [0.15, 0.2) is 24.3 Å². The normalized spacial score (nSPS) is 11.3. The molecular weight excluding hydrogens is 210 g/mol. The van der Waals surface area contributed by atoms with E-state index in [1.165, 1.54) is 23.0 Å². The molecule has 1 N–H and O–H groups in total. The van der Waals surface area contributed by atoms with Crippen molar-refractivity contribution in [1.29, 1.82) is 0 Å². The lowest BCUT2D eigenvalue weighted by molar-refractivity contribution is 0.310. The molecule has 0 amide bonds. The summed E-state index contributed by atoms with van der Waals surface area (Å²) < 4.78 is 5.70. The predicted octanol–water partition coefficient (Wildman–Crippen LogP) is 4.47. The molecule has 2 heteroatoms. The van der Waals surface area contributed by atoms with Gasteiger partial charge in [0.1, 0.15) is 5.75 Å². The summed E-state index contributed by atoms with van der Waals surface area (Å²) >= 11 is 0. The van der Waals surface area contributed by atoms with E-state index >= 15 is 0 Å². The molecule has 0 fully saturated rings. The Bertz CT molecular complexity index is 485. The summed E-state index contributed by atoms with van der Waals surface area (Å²) in [5.74, 6) is 1.50. The maximum Gasteiger partial charge on any atom is 0.121 e. The van der Waals surface area contributed by atoms with E-state index < -0.39 is 0 Å². The first-order valence-electron chi connectivity index (χ1n) is 6.46. The van der Waals surface area contributed by atoms with Gasteiger partial charge in [-0.15, -0.1) is 0 Å². The van der Waals surface area contributed by atoms with E-state index in [0.29, 0.717) is 5.92 Å². The van der Waals surface area contributed by atoms with Crippen molar-refractivity contribution in [3.63, 3.8) is 0 Å². The molecule has 1 aromatic heterocycles. The van der Waals surface area contributed by atoms with Crippen molar-refractivity contribution in [1.82, 2.24) is 4.98 Å². The van der Waals surface area contributed by atoms with Crippen LogP contribution in [-0.2, 0) is 0 Å². The number of aromatic nitrogens is 1. The second-order valence-electron chi connectivity index (χ2n) is 4.83. The average Bonchev–Trinajstić information content (AvgIpc) is 2.72. The van der Waals surface area contributed by atoms with E-state index in [4.69, 9.17) is 4.74 Å². The number of unbranched alkanes of at least 4 members (excludes halogenated alkanes) is 1. The Labute approximate surface area is 103 Å². The number of fused-ring (bicyclic) bond motifs is 1. The molecule has 1 heterocycles. The lowest BCUT2D eigenvalue weighted by atomic mass is 10.1. The van der Waals surface area contributed by atoms with Gasteiger partial charge in [-0.2, -0.15) is 0 Å². The fraction of sp³-hybridized carbons (Fsp3) is 0.467. The lowest BCUT2D eigenvalue weighted by Crippen LogP contribution is -1.95. The van der Waals surface area contributed by atoms with Gasteiger partial charge in [0.25, 0.3) is 0 Å². The van der Waals surface area contributed by atoms with E-state index in [-0.39, 0.29) is 0 Å². The fourth-order valence-corrected chi connectivity index (χ4v) is 1.86. The number of rotatable bonds is 5. The number of hydrogen-bond acceptors (Lipinski definition) is 1. The Morgan fingerprint density at radius 2 is 2.06 bits per heavy atom. The van der Waals surface area contributed by atoms with Crippen molar-refractivity contribution in [2.75, 3.05) is 6.61 Å². The SMILES string of the molecule is CCCCOc1ccc2cc(C(C)C)[nH]c2c1. The molecule has 17 heavy (non-hydrogen) atoms. The zero-order valence-electron chi connectivity index (χ0n) is 10.9. The highest BCUT2D eigenvalue weighted by molar-refractivity contribution is 5.82. The molecule has 0 bridgehead atoms. The number of hydrogen-bond donors (Lipinski definition) is 1. The molecule has 0 spiro atoms. The third-order valence-corrected chi connectivity index (χ3v) is 3.00. The maximum absolute atomic E-state index is 5.70. The van der Waals surface area contributed by atoms with Crippen LogP contribution in [-0.4, -0.2) is 11.6 Å². The summed E-state index contributed by atoms with van der Waals surface area (Å²) in [5, 5.41) is 1.26. The van der Waals surface area contributed by atoms with Gasteiger partial charge in [-0.1, -0.05) is 27.2 Å². The summed E-state index contributed by atoms with van der Waals surface area (Å²) in [6.07, 6.45) is 2.28. The fourth-order valence-electron chi connectivity index (χ4n) is 1.86. The van der Waals surface area contributed by atoms with Crippen LogP contribution in [0.4, 0.5) is 0 Å². The number of ether oxygens (including phenoxy) is 1.